The monoisotopic (exact) mass is 168 g/mol. The van der Waals surface area contributed by atoms with E-state index >= 15 is 0 Å². The van der Waals surface area contributed by atoms with Crippen LogP contribution in [0, 0.1) is 0 Å². The van der Waals surface area contributed by atoms with Crippen LogP contribution in [0.5, 0.6) is 0 Å². The first-order chi connectivity index (χ1) is 5.68. The van der Waals surface area contributed by atoms with Gasteiger partial charge < -0.3 is 10.8 Å². The van der Waals surface area contributed by atoms with Crippen LogP contribution < -0.4 is 5.73 Å². The summed E-state index contributed by atoms with van der Waals surface area (Å²) in [4.78, 5) is 5.22. The number of fused-ring (bicyclic) bond motifs is 1. The summed E-state index contributed by atoms with van der Waals surface area (Å²) >= 11 is 0. The predicted octanol–water partition coefficient (Wildman–Crippen LogP) is -0.480. The Labute approximate surface area is 68.5 Å². The summed E-state index contributed by atoms with van der Waals surface area (Å²) < 4.78 is 0. The van der Waals surface area contributed by atoms with Gasteiger partial charge in [-0.2, -0.15) is 5.06 Å². The van der Waals surface area contributed by atoms with Crippen LogP contribution in [-0.4, -0.2) is 32.8 Å². The van der Waals surface area contributed by atoms with E-state index in [1.54, 1.807) is 0 Å². The maximum Gasteiger partial charge on any atom is 0.237 e. The van der Waals surface area contributed by atoms with Gasteiger partial charge in [0, 0.05) is 5.70 Å². The Kier molecular flexibility index (Phi) is 1.25. The average molecular weight is 168 g/mol. The molecule has 0 bridgehead atoms. The molecule has 2 aliphatic heterocycles. The van der Waals surface area contributed by atoms with Gasteiger partial charge in [0.05, 0.1) is 18.9 Å². The Hall–Kier alpha value is -1.69. The summed E-state index contributed by atoms with van der Waals surface area (Å²) in [6.07, 6.45) is 2.60. The van der Waals surface area contributed by atoms with E-state index in [-0.39, 0.29) is 11.8 Å². The summed E-state index contributed by atoms with van der Waals surface area (Å²) in [5.41, 5.74) is 6.01. The predicted molar refractivity (Wildman–Crippen MR) is 40.7 cm³/mol. The van der Waals surface area contributed by atoms with Crippen LogP contribution in [0.4, 0.5) is 0 Å². The number of nitrogens with zero attached hydrogens (tertiary/aromatic N) is 3. The molecular weight excluding hydrogens is 160 g/mol. The molecule has 0 aromatic rings. The zero-order chi connectivity index (χ0) is 8.72. The maximum atomic E-state index is 9.23. The SMILES string of the molecule is NC1=CN=C2N(O)C=C(O)N2C1. The second kappa shape index (κ2) is 2.15. The minimum Gasteiger partial charge on any atom is -0.493 e. The molecule has 2 rings (SSSR count). The van der Waals surface area contributed by atoms with Gasteiger partial charge in [0.1, 0.15) is 0 Å². The van der Waals surface area contributed by atoms with Gasteiger partial charge in [-0.1, -0.05) is 0 Å². The second-order valence-electron chi connectivity index (χ2n) is 2.55. The molecule has 64 valence electrons. The zero-order valence-corrected chi connectivity index (χ0v) is 6.18. The lowest BCUT2D eigenvalue weighted by Crippen LogP contribution is -2.37. The molecule has 6 heteroatoms. The number of rotatable bonds is 0. The lowest BCUT2D eigenvalue weighted by molar-refractivity contribution is 0.0348. The van der Waals surface area contributed by atoms with E-state index in [1.165, 1.54) is 11.1 Å². The van der Waals surface area contributed by atoms with E-state index in [0.717, 1.165) is 11.3 Å². The van der Waals surface area contributed by atoms with Crippen molar-refractivity contribution in [3.63, 3.8) is 0 Å². The van der Waals surface area contributed by atoms with E-state index in [0.29, 0.717) is 12.2 Å². The van der Waals surface area contributed by atoms with Gasteiger partial charge in [0.25, 0.3) is 0 Å². The Morgan fingerprint density at radius 2 is 2.33 bits per heavy atom. The molecule has 2 heterocycles. The van der Waals surface area contributed by atoms with Crippen LogP contribution in [-0.2, 0) is 0 Å². The number of hydroxylamine groups is 2. The molecule has 0 aromatic carbocycles. The highest BCUT2D eigenvalue weighted by molar-refractivity contribution is 5.85. The van der Waals surface area contributed by atoms with E-state index in [4.69, 9.17) is 10.9 Å². The minimum absolute atomic E-state index is 0.0627. The van der Waals surface area contributed by atoms with E-state index in [1.807, 2.05) is 0 Å². The fourth-order valence-corrected chi connectivity index (χ4v) is 1.11. The summed E-state index contributed by atoms with van der Waals surface area (Å²) in [5.74, 6) is 0.203. The lowest BCUT2D eigenvalue weighted by Gasteiger charge is -2.22. The van der Waals surface area contributed by atoms with Gasteiger partial charge in [0.15, 0.2) is 0 Å². The van der Waals surface area contributed by atoms with Crippen molar-refractivity contribution in [3.05, 3.63) is 24.0 Å². The largest absolute Gasteiger partial charge is 0.493 e. The standard InChI is InChI=1S/C6H8N4O2/c7-4-1-8-6-9(2-4)5(11)3-10(6)12/h1,3,11-12H,2,7H2. The van der Waals surface area contributed by atoms with Crippen molar-refractivity contribution in [1.82, 2.24) is 9.96 Å². The first-order valence-electron chi connectivity index (χ1n) is 3.37. The highest BCUT2D eigenvalue weighted by Crippen LogP contribution is 2.18. The van der Waals surface area contributed by atoms with Crippen molar-refractivity contribution in [2.24, 2.45) is 10.7 Å². The van der Waals surface area contributed by atoms with Gasteiger partial charge >= 0.3 is 0 Å². The highest BCUT2D eigenvalue weighted by Gasteiger charge is 2.29. The molecule has 0 saturated heterocycles. The molecule has 0 fully saturated rings. The van der Waals surface area contributed by atoms with Crippen molar-refractivity contribution in [2.75, 3.05) is 6.54 Å². The first kappa shape index (κ1) is 6.99. The quantitative estimate of drug-likeness (QED) is 0.455. The van der Waals surface area contributed by atoms with Crippen LogP contribution in [0.3, 0.4) is 0 Å². The molecule has 0 atom stereocenters. The number of nitrogens with two attached hydrogens (primary N) is 1. The summed E-state index contributed by atoms with van der Waals surface area (Å²) in [5, 5.41) is 19.1. The molecule has 0 amide bonds. The number of hydrogen-bond donors (Lipinski definition) is 3. The van der Waals surface area contributed by atoms with Crippen LogP contribution >= 0.6 is 0 Å². The van der Waals surface area contributed by atoms with Crippen LogP contribution in [0.2, 0.25) is 0 Å². The van der Waals surface area contributed by atoms with Crippen molar-refractivity contribution >= 4 is 5.96 Å². The van der Waals surface area contributed by atoms with Gasteiger partial charge in [-0.05, 0) is 0 Å². The fraction of sp³-hybridized carbons (Fsp3) is 0.167. The Bertz CT molecular complexity index is 307. The zero-order valence-electron chi connectivity index (χ0n) is 6.18. The number of aliphatic imine (C=N–C) groups is 1. The van der Waals surface area contributed by atoms with Crippen LogP contribution in [0.15, 0.2) is 29.0 Å². The summed E-state index contributed by atoms with van der Waals surface area (Å²) in [6.45, 7) is 0.345. The topological polar surface area (TPSA) is 85.3 Å². The molecule has 4 N–H and O–H groups in total. The van der Waals surface area contributed by atoms with Gasteiger partial charge in [0.2, 0.25) is 11.8 Å². The lowest BCUT2D eigenvalue weighted by atomic mass is 10.4. The van der Waals surface area contributed by atoms with Gasteiger partial charge in [-0.3, -0.25) is 10.1 Å². The third-order valence-electron chi connectivity index (χ3n) is 1.65. The molecule has 12 heavy (non-hydrogen) atoms. The molecule has 2 aliphatic rings. The normalized spacial score (nSPS) is 21.6. The number of guanidine groups is 1. The molecule has 6 nitrogen and oxygen atoms in total. The smallest absolute Gasteiger partial charge is 0.237 e. The van der Waals surface area contributed by atoms with E-state index < -0.39 is 0 Å². The first-order valence-corrected chi connectivity index (χ1v) is 3.37. The van der Waals surface area contributed by atoms with E-state index in [2.05, 4.69) is 4.99 Å². The third-order valence-corrected chi connectivity index (χ3v) is 1.65. The molecular formula is C6H8N4O2. The number of hydrogen-bond acceptors (Lipinski definition) is 6. The number of aliphatic hydroxyl groups is 1. The van der Waals surface area contributed by atoms with E-state index in [9.17, 15) is 5.11 Å². The summed E-state index contributed by atoms with van der Waals surface area (Å²) in [6, 6.07) is 0. The Balaban J connectivity index is 2.35. The van der Waals surface area contributed by atoms with Crippen molar-refractivity contribution in [2.45, 2.75) is 0 Å². The molecule has 0 unspecified atom stereocenters. The minimum atomic E-state index is -0.0627. The summed E-state index contributed by atoms with van der Waals surface area (Å²) in [7, 11) is 0. The van der Waals surface area contributed by atoms with Gasteiger partial charge in [-0.25, -0.2) is 4.99 Å². The second-order valence-corrected chi connectivity index (χ2v) is 2.55. The Morgan fingerprint density at radius 3 is 3.08 bits per heavy atom. The fourth-order valence-electron chi connectivity index (χ4n) is 1.11. The van der Waals surface area contributed by atoms with Crippen LogP contribution in [0.25, 0.3) is 0 Å². The molecule has 0 aromatic heterocycles. The molecule has 0 spiro atoms. The molecule has 0 radical (unpaired) electrons. The van der Waals surface area contributed by atoms with Crippen molar-refractivity contribution < 1.29 is 10.3 Å². The van der Waals surface area contributed by atoms with Crippen LogP contribution in [0.1, 0.15) is 0 Å². The highest BCUT2D eigenvalue weighted by atomic mass is 16.5. The Morgan fingerprint density at radius 1 is 1.58 bits per heavy atom. The third kappa shape index (κ3) is 0.817. The molecule has 0 aliphatic carbocycles. The molecule has 0 saturated carbocycles. The van der Waals surface area contributed by atoms with Gasteiger partial charge in [-0.15, -0.1) is 0 Å². The average Bonchev–Trinajstić information content (AvgIpc) is 2.28. The number of aliphatic hydroxyl groups excluding tert-OH is 1. The maximum absolute atomic E-state index is 9.23. The van der Waals surface area contributed by atoms with Crippen molar-refractivity contribution in [3.8, 4) is 0 Å². The van der Waals surface area contributed by atoms with Crippen molar-refractivity contribution in [1.29, 1.82) is 0 Å².